The van der Waals surface area contributed by atoms with Crippen LogP contribution in [-0.2, 0) is 22.6 Å². The Bertz CT molecular complexity index is 850. The van der Waals surface area contributed by atoms with Crippen molar-refractivity contribution in [3.05, 3.63) is 59.7 Å². The van der Waals surface area contributed by atoms with Gasteiger partial charge in [-0.3, -0.25) is 19.8 Å². The molecule has 1 unspecified atom stereocenters. The monoisotopic (exact) mass is 354 g/mol. The largest absolute Gasteiger partial charge is 0.504 e. The summed E-state index contributed by atoms with van der Waals surface area (Å²) in [6.45, 7) is 0.0915. The Hall–Kier alpha value is -3.35. The second-order valence-electron chi connectivity index (χ2n) is 5.97. The van der Waals surface area contributed by atoms with E-state index in [9.17, 15) is 19.5 Å². The average molecular weight is 354 g/mol. The zero-order valence-corrected chi connectivity index (χ0v) is 14.1. The van der Waals surface area contributed by atoms with Gasteiger partial charge in [-0.05, 0) is 29.7 Å². The van der Waals surface area contributed by atoms with Crippen molar-refractivity contribution in [3.63, 3.8) is 0 Å². The van der Waals surface area contributed by atoms with Crippen LogP contribution < -0.4 is 10.1 Å². The first-order chi connectivity index (χ1) is 12.5. The van der Waals surface area contributed by atoms with E-state index in [4.69, 9.17) is 4.74 Å². The molecule has 7 nitrogen and oxygen atoms in total. The van der Waals surface area contributed by atoms with Crippen LogP contribution in [0.4, 0.5) is 4.79 Å². The Morgan fingerprint density at radius 2 is 1.81 bits per heavy atom. The van der Waals surface area contributed by atoms with Crippen LogP contribution >= 0.6 is 0 Å². The lowest BCUT2D eigenvalue weighted by Gasteiger charge is -2.30. The van der Waals surface area contributed by atoms with Crippen LogP contribution in [0.15, 0.2) is 48.5 Å². The molecule has 2 aromatic rings. The number of carbonyl (C=O) groups is 3. The highest BCUT2D eigenvalue weighted by atomic mass is 16.5. The predicted molar refractivity (Wildman–Crippen MR) is 92.4 cm³/mol. The van der Waals surface area contributed by atoms with Crippen LogP contribution in [0, 0.1) is 5.92 Å². The van der Waals surface area contributed by atoms with Crippen LogP contribution in [0.2, 0.25) is 0 Å². The zero-order valence-electron chi connectivity index (χ0n) is 14.1. The van der Waals surface area contributed by atoms with Crippen LogP contribution in [0.25, 0.3) is 0 Å². The Morgan fingerprint density at radius 3 is 2.50 bits per heavy atom. The van der Waals surface area contributed by atoms with Crippen molar-refractivity contribution in [2.75, 3.05) is 7.11 Å². The molecule has 0 saturated carbocycles. The third-order valence-corrected chi connectivity index (χ3v) is 4.22. The minimum Gasteiger partial charge on any atom is -0.504 e. The number of nitrogens with zero attached hydrogens (tertiary/aromatic N) is 1. The lowest BCUT2D eigenvalue weighted by atomic mass is 9.95. The van der Waals surface area contributed by atoms with E-state index < -0.39 is 23.8 Å². The summed E-state index contributed by atoms with van der Waals surface area (Å²) in [7, 11) is 1.41. The van der Waals surface area contributed by atoms with Gasteiger partial charge in [-0.2, -0.15) is 0 Å². The molecule has 0 aliphatic carbocycles. The van der Waals surface area contributed by atoms with E-state index in [0.717, 1.165) is 10.5 Å². The third-order valence-electron chi connectivity index (χ3n) is 4.22. The molecule has 2 N–H and O–H groups in total. The second-order valence-corrected chi connectivity index (χ2v) is 5.97. The van der Waals surface area contributed by atoms with Crippen LogP contribution in [0.3, 0.4) is 0 Å². The van der Waals surface area contributed by atoms with Crippen molar-refractivity contribution in [2.24, 2.45) is 5.92 Å². The van der Waals surface area contributed by atoms with Gasteiger partial charge in [-0.25, -0.2) is 4.79 Å². The summed E-state index contributed by atoms with van der Waals surface area (Å²) in [5.74, 6) is -1.98. The van der Waals surface area contributed by atoms with Gasteiger partial charge in [0.05, 0.1) is 13.7 Å². The molecule has 1 saturated heterocycles. The molecule has 0 spiro atoms. The lowest BCUT2D eigenvalue weighted by molar-refractivity contribution is -0.142. The molecule has 26 heavy (non-hydrogen) atoms. The molecule has 1 aliphatic heterocycles. The first-order valence-electron chi connectivity index (χ1n) is 8.05. The molecule has 0 bridgehead atoms. The minimum atomic E-state index is -1.02. The number of hydrogen-bond donors (Lipinski definition) is 2. The van der Waals surface area contributed by atoms with Gasteiger partial charge in [0.2, 0.25) is 11.8 Å². The van der Waals surface area contributed by atoms with E-state index in [0.29, 0.717) is 5.56 Å². The Kier molecular flexibility index (Phi) is 4.88. The number of phenolic OH excluding ortho intramolecular Hbond substituents is 1. The number of benzene rings is 2. The third kappa shape index (κ3) is 3.51. The maximum absolute atomic E-state index is 12.7. The number of barbiturate groups is 1. The highest BCUT2D eigenvalue weighted by molar-refractivity contribution is 6.16. The molecule has 4 amide bonds. The van der Waals surface area contributed by atoms with E-state index in [-0.39, 0.29) is 24.5 Å². The van der Waals surface area contributed by atoms with Crippen LogP contribution in [0.5, 0.6) is 11.5 Å². The fraction of sp³-hybridized carbons (Fsp3) is 0.211. The summed E-state index contributed by atoms with van der Waals surface area (Å²) < 4.78 is 5.05. The summed E-state index contributed by atoms with van der Waals surface area (Å²) in [5, 5.41) is 11.9. The number of nitrogens with one attached hydrogen (secondary N) is 1. The molecule has 7 heteroatoms. The van der Waals surface area contributed by atoms with Crippen molar-refractivity contribution in [2.45, 2.75) is 13.0 Å². The fourth-order valence-corrected chi connectivity index (χ4v) is 2.84. The molecular weight excluding hydrogens is 336 g/mol. The number of phenols is 1. The molecule has 0 aromatic heterocycles. The van der Waals surface area contributed by atoms with Crippen molar-refractivity contribution >= 4 is 17.8 Å². The van der Waals surface area contributed by atoms with E-state index in [1.807, 2.05) is 18.2 Å². The predicted octanol–water partition coefficient (Wildman–Crippen LogP) is 1.84. The number of ether oxygens (including phenoxy) is 1. The Balaban J connectivity index is 1.81. The summed E-state index contributed by atoms with van der Waals surface area (Å²) in [6, 6.07) is 13.0. The summed E-state index contributed by atoms with van der Waals surface area (Å²) in [6.07, 6.45) is 0.0971. The number of imide groups is 2. The van der Waals surface area contributed by atoms with E-state index >= 15 is 0 Å². The number of amides is 4. The van der Waals surface area contributed by atoms with E-state index in [1.165, 1.54) is 13.2 Å². The quantitative estimate of drug-likeness (QED) is 0.799. The summed E-state index contributed by atoms with van der Waals surface area (Å²) >= 11 is 0. The van der Waals surface area contributed by atoms with Crippen molar-refractivity contribution in [3.8, 4) is 11.5 Å². The SMILES string of the molecule is COc1cc(CC2C(=O)NC(=O)N(Cc3ccccc3)C2=O)ccc1O. The van der Waals surface area contributed by atoms with Crippen molar-refractivity contribution in [1.29, 1.82) is 0 Å². The molecule has 1 heterocycles. The summed E-state index contributed by atoms with van der Waals surface area (Å²) in [4.78, 5) is 38.0. The average Bonchev–Trinajstić information content (AvgIpc) is 2.64. The molecule has 134 valence electrons. The van der Waals surface area contributed by atoms with Gasteiger partial charge in [0.15, 0.2) is 11.5 Å². The standard InChI is InChI=1S/C19H18N2O5/c1-26-16-10-13(7-8-15(16)22)9-14-17(23)20-19(25)21(18(14)24)11-12-5-3-2-4-6-12/h2-8,10,14,22H,9,11H2,1H3,(H,20,23,25). The molecule has 2 aromatic carbocycles. The highest BCUT2D eigenvalue weighted by Crippen LogP contribution is 2.28. The minimum absolute atomic E-state index is 0.0310. The number of hydrogen-bond acceptors (Lipinski definition) is 5. The Morgan fingerprint density at radius 1 is 1.08 bits per heavy atom. The molecule has 1 fully saturated rings. The van der Waals surface area contributed by atoms with E-state index in [1.54, 1.807) is 24.3 Å². The second kappa shape index (κ2) is 7.26. The van der Waals surface area contributed by atoms with Gasteiger partial charge in [-0.15, -0.1) is 0 Å². The van der Waals surface area contributed by atoms with Crippen LogP contribution in [0.1, 0.15) is 11.1 Å². The maximum atomic E-state index is 12.7. The zero-order chi connectivity index (χ0) is 18.7. The molecule has 1 atom stereocenters. The van der Waals surface area contributed by atoms with Gasteiger partial charge in [0.1, 0.15) is 5.92 Å². The first-order valence-corrected chi connectivity index (χ1v) is 8.05. The van der Waals surface area contributed by atoms with E-state index in [2.05, 4.69) is 5.32 Å². The van der Waals surface area contributed by atoms with Gasteiger partial charge >= 0.3 is 6.03 Å². The van der Waals surface area contributed by atoms with Gasteiger partial charge in [0, 0.05) is 0 Å². The van der Waals surface area contributed by atoms with Gasteiger partial charge in [0.25, 0.3) is 0 Å². The molecule has 0 radical (unpaired) electrons. The number of aromatic hydroxyl groups is 1. The molecule has 3 rings (SSSR count). The van der Waals surface area contributed by atoms with Crippen molar-refractivity contribution < 1.29 is 24.2 Å². The lowest BCUT2D eigenvalue weighted by Crippen LogP contribution is -2.57. The maximum Gasteiger partial charge on any atom is 0.331 e. The normalized spacial score (nSPS) is 17.2. The van der Waals surface area contributed by atoms with Crippen molar-refractivity contribution in [1.82, 2.24) is 10.2 Å². The first kappa shape index (κ1) is 17.5. The number of urea groups is 1. The number of methoxy groups -OCH3 is 1. The summed E-state index contributed by atoms with van der Waals surface area (Å²) in [5.41, 5.74) is 1.43. The molecular formula is C19H18N2O5. The van der Waals surface area contributed by atoms with Gasteiger partial charge in [-0.1, -0.05) is 36.4 Å². The smallest absolute Gasteiger partial charge is 0.331 e. The topological polar surface area (TPSA) is 95.9 Å². The number of carbonyl (C=O) groups excluding carboxylic acids is 3. The fourth-order valence-electron chi connectivity index (χ4n) is 2.84. The highest BCUT2D eigenvalue weighted by Gasteiger charge is 2.40. The van der Waals surface area contributed by atoms with Gasteiger partial charge < -0.3 is 9.84 Å². The van der Waals surface area contributed by atoms with Crippen LogP contribution in [-0.4, -0.2) is 35.0 Å². The Labute approximate surface area is 150 Å². The number of rotatable bonds is 5. The molecule has 1 aliphatic rings.